The summed E-state index contributed by atoms with van der Waals surface area (Å²) in [6.45, 7) is 0. The van der Waals surface area contributed by atoms with Crippen molar-refractivity contribution in [2.75, 3.05) is 0 Å². The maximum atomic E-state index is 12.0. The monoisotopic (exact) mass is 388 g/mol. The van der Waals surface area contributed by atoms with Crippen molar-refractivity contribution in [2.45, 2.75) is 38.5 Å². The first-order valence-corrected chi connectivity index (χ1v) is 9.81. The molecule has 1 aliphatic heterocycles. The van der Waals surface area contributed by atoms with Crippen LogP contribution < -0.4 is 0 Å². The Morgan fingerprint density at radius 2 is 2.00 bits per heavy atom. The first-order chi connectivity index (χ1) is 9.74. The summed E-state index contributed by atoms with van der Waals surface area (Å²) in [5, 5.41) is 0. The van der Waals surface area contributed by atoms with Crippen LogP contribution >= 0.6 is 20.6 Å². The molecule has 0 atom stereocenters. The number of benzene rings is 1. The van der Waals surface area contributed by atoms with Gasteiger partial charge in [0.25, 0.3) is 0 Å². The van der Waals surface area contributed by atoms with E-state index < -0.39 is 20.6 Å². The van der Waals surface area contributed by atoms with Gasteiger partial charge < -0.3 is 0 Å². The molecule has 1 saturated carbocycles. The van der Waals surface area contributed by atoms with Gasteiger partial charge in [-0.25, -0.2) is 0 Å². The number of hydrogen-bond donors (Lipinski definition) is 0. The predicted octanol–water partition coefficient (Wildman–Crippen LogP) is 3.88. The predicted molar refractivity (Wildman–Crippen MR) is 81.9 cm³/mol. The minimum atomic E-state index is -2.56. The summed E-state index contributed by atoms with van der Waals surface area (Å²) in [5.74, 6) is -0.108. The summed E-state index contributed by atoms with van der Waals surface area (Å²) >= 11 is -2.56. The Hall–Kier alpha value is -1.11. The quantitative estimate of drug-likeness (QED) is 0.738. The van der Waals surface area contributed by atoms with Gasteiger partial charge in [-0.2, -0.15) is 0 Å². The molecule has 0 bridgehead atoms. The molecule has 20 heavy (non-hydrogen) atoms. The molecule has 1 aromatic rings. The van der Waals surface area contributed by atoms with E-state index in [1.54, 1.807) is 12.1 Å². The zero-order chi connectivity index (χ0) is 13.9. The van der Waals surface area contributed by atoms with E-state index >= 15 is 0 Å². The van der Waals surface area contributed by atoms with Gasteiger partial charge in [-0.3, -0.25) is 0 Å². The Morgan fingerprint density at radius 3 is 2.80 bits per heavy atom. The van der Waals surface area contributed by atoms with Crippen LogP contribution in [0.25, 0.3) is 0 Å². The zero-order valence-corrected chi connectivity index (χ0v) is 13.3. The van der Waals surface area contributed by atoms with Gasteiger partial charge in [-0.05, 0) is 0 Å². The third kappa shape index (κ3) is 2.97. The van der Waals surface area contributed by atoms with Crippen molar-refractivity contribution in [2.24, 2.45) is 5.92 Å². The molecule has 5 heteroatoms. The Labute approximate surface area is 126 Å². The van der Waals surface area contributed by atoms with Crippen LogP contribution in [0.15, 0.2) is 24.3 Å². The zero-order valence-electron chi connectivity index (χ0n) is 11.1. The third-order valence-electron chi connectivity index (χ3n) is 3.74. The molecule has 2 aliphatic rings. The fraction of sp³-hybridized carbons (Fsp3) is 0.467. The fourth-order valence-electron chi connectivity index (χ4n) is 2.70. The summed E-state index contributed by atoms with van der Waals surface area (Å²) in [7, 11) is 0. The third-order valence-corrected chi connectivity index (χ3v) is 7.32. The van der Waals surface area contributed by atoms with E-state index in [0.29, 0.717) is 17.9 Å². The van der Waals surface area contributed by atoms with Crippen molar-refractivity contribution in [3.63, 3.8) is 0 Å². The Bertz CT molecular complexity index is 522. The van der Waals surface area contributed by atoms with Crippen LogP contribution in [0.1, 0.15) is 48.9 Å². The average molecular weight is 388 g/mol. The molecule has 0 aromatic heterocycles. The van der Waals surface area contributed by atoms with Gasteiger partial charge in [0.1, 0.15) is 0 Å². The molecule has 1 aromatic carbocycles. The van der Waals surface area contributed by atoms with Crippen LogP contribution in [0.5, 0.6) is 0 Å². The molecule has 108 valence electrons. The van der Waals surface area contributed by atoms with Crippen LogP contribution in [0, 0.1) is 9.49 Å². The number of hydrogen-bond acceptors (Lipinski definition) is 4. The van der Waals surface area contributed by atoms with Crippen molar-refractivity contribution in [3.8, 4) is 0 Å². The Kier molecular flexibility index (Phi) is 4.24. The minimum absolute atomic E-state index is 0.202. The van der Waals surface area contributed by atoms with Crippen molar-refractivity contribution in [3.05, 3.63) is 33.4 Å². The van der Waals surface area contributed by atoms with Crippen molar-refractivity contribution in [1.29, 1.82) is 0 Å². The summed E-state index contributed by atoms with van der Waals surface area (Å²) in [5.41, 5.74) is 0.558. The normalized spacial score (nSPS) is 20.4. The summed E-state index contributed by atoms with van der Waals surface area (Å²) in [6, 6.07) is 7.20. The van der Waals surface area contributed by atoms with Crippen molar-refractivity contribution < 1.29 is 15.7 Å². The molecule has 0 radical (unpaired) electrons. The molecule has 4 nitrogen and oxygen atoms in total. The van der Waals surface area contributed by atoms with Gasteiger partial charge in [-0.1, -0.05) is 0 Å². The van der Waals surface area contributed by atoms with E-state index in [2.05, 4.69) is 0 Å². The van der Waals surface area contributed by atoms with Gasteiger partial charge in [0.15, 0.2) is 0 Å². The summed E-state index contributed by atoms with van der Waals surface area (Å²) in [4.78, 5) is 23.7. The van der Waals surface area contributed by atoms with E-state index in [1.807, 2.05) is 12.1 Å². The first kappa shape index (κ1) is 13.9. The van der Waals surface area contributed by atoms with Crippen LogP contribution in [0.2, 0.25) is 0 Å². The van der Waals surface area contributed by atoms with E-state index in [1.165, 1.54) is 19.3 Å². The number of halogens is 1. The molecule has 0 saturated heterocycles. The van der Waals surface area contributed by atoms with Crippen LogP contribution in [-0.4, -0.2) is 11.9 Å². The van der Waals surface area contributed by atoms with Crippen molar-refractivity contribution >= 4 is 32.6 Å². The molecule has 0 spiro atoms. The number of carbonyl (C=O) groups is 2. The molecule has 1 heterocycles. The van der Waals surface area contributed by atoms with Gasteiger partial charge in [0.05, 0.1) is 0 Å². The Morgan fingerprint density at radius 1 is 1.25 bits per heavy atom. The molecule has 0 unspecified atom stereocenters. The second kappa shape index (κ2) is 6.11. The second-order valence-electron chi connectivity index (χ2n) is 5.22. The number of carbonyl (C=O) groups excluding carboxylic acids is 2. The second-order valence-corrected chi connectivity index (χ2v) is 8.50. The fourth-order valence-corrected chi connectivity index (χ4v) is 5.87. The van der Waals surface area contributed by atoms with Crippen LogP contribution in [0.3, 0.4) is 0 Å². The molecule has 0 amide bonds. The maximum absolute atomic E-state index is 12.0. The van der Waals surface area contributed by atoms with Crippen LogP contribution in [0.4, 0.5) is 0 Å². The number of rotatable bonds is 3. The summed E-state index contributed by atoms with van der Waals surface area (Å²) in [6.07, 6.45) is 6.37. The van der Waals surface area contributed by atoms with E-state index in [9.17, 15) is 9.59 Å². The van der Waals surface area contributed by atoms with E-state index in [-0.39, 0.29) is 11.9 Å². The molecule has 3 rings (SSSR count). The van der Waals surface area contributed by atoms with E-state index in [0.717, 1.165) is 16.4 Å². The van der Waals surface area contributed by atoms with Gasteiger partial charge in [-0.15, -0.1) is 0 Å². The molecular formula is C15H17IO4. The molecular weight excluding hydrogens is 371 g/mol. The van der Waals surface area contributed by atoms with Gasteiger partial charge in [0.2, 0.25) is 0 Å². The molecule has 0 N–H and O–H groups in total. The number of fused-ring (bicyclic) bond motifs is 1. The SMILES string of the molecule is O=C(CC1CCCCC1)OI1OC(=O)c2ccccc21. The summed E-state index contributed by atoms with van der Waals surface area (Å²) < 4.78 is 11.6. The molecule has 1 aliphatic carbocycles. The molecule has 1 fully saturated rings. The van der Waals surface area contributed by atoms with Crippen molar-refractivity contribution in [1.82, 2.24) is 0 Å². The topological polar surface area (TPSA) is 52.6 Å². The first-order valence-electron chi connectivity index (χ1n) is 6.97. The van der Waals surface area contributed by atoms with E-state index in [4.69, 9.17) is 6.13 Å². The van der Waals surface area contributed by atoms with Gasteiger partial charge >= 0.3 is 126 Å². The van der Waals surface area contributed by atoms with Gasteiger partial charge in [0, 0.05) is 0 Å². The standard InChI is InChI=1S/C15H17IO4/c17-14(10-11-6-2-1-3-7-11)19-16-13-9-5-4-8-12(13)15(18)20-16/h4-5,8-9,11H,1-3,6-7,10H2. The Balaban J connectivity index is 1.61. The van der Waals surface area contributed by atoms with Crippen LogP contribution in [-0.2, 0) is 10.9 Å². The average Bonchev–Trinajstić information content (AvgIpc) is 2.77.